The molecule has 0 aromatic heterocycles. The van der Waals surface area contributed by atoms with E-state index in [4.69, 9.17) is 14.7 Å². The summed E-state index contributed by atoms with van der Waals surface area (Å²) in [5.74, 6) is 0.793. The van der Waals surface area contributed by atoms with Crippen molar-refractivity contribution < 1.29 is 14.3 Å². The maximum absolute atomic E-state index is 11.9. The highest BCUT2D eigenvalue weighted by molar-refractivity contribution is 5.67. The molecule has 1 saturated heterocycles. The van der Waals surface area contributed by atoms with Gasteiger partial charge in [0.25, 0.3) is 0 Å². The third-order valence-corrected chi connectivity index (χ3v) is 3.91. The fourth-order valence-corrected chi connectivity index (χ4v) is 2.56. The number of nitriles is 1. The van der Waals surface area contributed by atoms with Gasteiger partial charge in [0.2, 0.25) is 0 Å². The number of ether oxygens (including phenoxy) is 2. The zero-order chi connectivity index (χ0) is 16.5. The smallest absolute Gasteiger partial charge is 0.409 e. The SMILES string of the molecule is CCCCOC(=O)N1CCC(Oc2cccc(CC#N)c2)CC1. The molecule has 0 radical (unpaired) electrons. The summed E-state index contributed by atoms with van der Waals surface area (Å²) >= 11 is 0. The number of likely N-dealkylation sites (tertiary alicyclic amines) is 1. The van der Waals surface area contributed by atoms with Gasteiger partial charge in [-0.05, 0) is 24.1 Å². The van der Waals surface area contributed by atoms with Crippen molar-refractivity contribution in [2.45, 2.75) is 45.1 Å². The van der Waals surface area contributed by atoms with Crippen molar-refractivity contribution in [3.63, 3.8) is 0 Å². The van der Waals surface area contributed by atoms with Crippen molar-refractivity contribution in [2.75, 3.05) is 19.7 Å². The number of hydrogen-bond donors (Lipinski definition) is 0. The van der Waals surface area contributed by atoms with Crippen molar-refractivity contribution in [2.24, 2.45) is 0 Å². The number of benzene rings is 1. The first-order valence-corrected chi connectivity index (χ1v) is 8.27. The van der Waals surface area contributed by atoms with Crippen LogP contribution in [0.3, 0.4) is 0 Å². The summed E-state index contributed by atoms with van der Waals surface area (Å²) in [4.78, 5) is 13.6. The second-order valence-corrected chi connectivity index (χ2v) is 5.75. The molecular weight excluding hydrogens is 292 g/mol. The predicted molar refractivity (Wildman–Crippen MR) is 87.2 cm³/mol. The van der Waals surface area contributed by atoms with Gasteiger partial charge in [0, 0.05) is 25.9 Å². The van der Waals surface area contributed by atoms with Crippen LogP contribution in [0.5, 0.6) is 5.75 Å². The zero-order valence-corrected chi connectivity index (χ0v) is 13.7. The fourth-order valence-electron chi connectivity index (χ4n) is 2.56. The molecule has 0 bridgehead atoms. The lowest BCUT2D eigenvalue weighted by atomic mass is 10.1. The molecule has 1 fully saturated rings. The Morgan fingerprint density at radius 1 is 1.39 bits per heavy atom. The Morgan fingerprint density at radius 3 is 2.87 bits per heavy atom. The first-order chi connectivity index (χ1) is 11.2. The van der Waals surface area contributed by atoms with E-state index in [9.17, 15) is 4.79 Å². The molecule has 23 heavy (non-hydrogen) atoms. The molecular formula is C18H24N2O3. The second kappa shape index (κ2) is 9.04. The highest BCUT2D eigenvalue weighted by Crippen LogP contribution is 2.20. The van der Waals surface area contributed by atoms with Crippen LogP contribution >= 0.6 is 0 Å². The Kier molecular flexibility index (Phi) is 6.74. The van der Waals surface area contributed by atoms with E-state index >= 15 is 0 Å². The highest BCUT2D eigenvalue weighted by atomic mass is 16.6. The molecule has 5 heteroatoms. The Hall–Kier alpha value is -2.22. The van der Waals surface area contributed by atoms with E-state index in [0.717, 1.165) is 37.0 Å². The lowest BCUT2D eigenvalue weighted by Crippen LogP contribution is -2.42. The summed E-state index contributed by atoms with van der Waals surface area (Å²) in [5.41, 5.74) is 0.960. The third kappa shape index (κ3) is 5.48. The van der Waals surface area contributed by atoms with Crippen LogP contribution in [0.15, 0.2) is 24.3 Å². The normalized spacial score (nSPS) is 15.0. The predicted octanol–water partition coefficient (Wildman–Crippen LogP) is 3.53. The summed E-state index contributed by atoms with van der Waals surface area (Å²) in [7, 11) is 0. The molecule has 0 atom stereocenters. The van der Waals surface area contributed by atoms with Gasteiger partial charge in [0.1, 0.15) is 11.9 Å². The number of carbonyl (C=O) groups excluding carboxylic acids is 1. The van der Waals surface area contributed by atoms with Gasteiger partial charge in [-0.2, -0.15) is 5.26 Å². The summed E-state index contributed by atoms with van der Waals surface area (Å²) in [5, 5.41) is 8.75. The quantitative estimate of drug-likeness (QED) is 0.753. The molecule has 5 nitrogen and oxygen atoms in total. The lowest BCUT2D eigenvalue weighted by Gasteiger charge is -2.31. The summed E-state index contributed by atoms with van der Waals surface area (Å²) in [6, 6.07) is 9.79. The van der Waals surface area contributed by atoms with E-state index in [1.165, 1.54) is 0 Å². The molecule has 1 aromatic carbocycles. The molecule has 124 valence electrons. The summed E-state index contributed by atoms with van der Waals surface area (Å²) in [6.07, 6.45) is 3.80. The van der Waals surface area contributed by atoms with Gasteiger partial charge in [0.15, 0.2) is 0 Å². The molecule has 1 aliphatic heterocycles. The van der Waals surface area contributed by atoms with Crippen LogP contribution in [0.25, 0.3) is 0 Å². The van der Waals surface area contributed by atoms with Crippen LogP contribution in [-0.4, -0.2) is 36.8 Å². The molecule has 0 spiro atoms. The molecule has 0 aliphatic carbocycles. The van der Waals surface area contributed by atoms with Gasteiger partial charge in [-0.3, -0.25) is 0 Å². The van der Waals surface area contributed by atoms with Gasteiger partial charge in [-0.1, -0.05) is 25.5 Å². The van der Waals surface area contributed by atoms with Gasteiger partial charge >= 0.3 is 6.09 Å². The largest absolute Gasteiger partial charge is 0.490 e. The molecule has 0 unspecified atom stereocenters. The monoisotopic (exact) mass is 316 g/mol. The van der Waals surface area contributed by atoms with Gasteiger partial charge in [0.05, 0.1) is 19.1 Å². The third-order valence-electron chi connectivity index (χ3n) is 3.91. The van der Waals surface area contributed by atoms with Gasteiger partial charge in [-0.15, -0.1) is 0 Å². The van der Waals surface area contributed by atoms with Crippen molar-refractivity contribution in [1.29, 1.82) is 5.26 Å². The molecule has 1 aromatic rings. The summed E-state index contributed by atoms with van der Waals surface area (Å²) < 4.78 is 11.2. The minimum absolute atomic E-state index is 0.104. The van der Waals surface area contributed by atoms with Crippen LogP contribution < -0.4 is 4.74 Å². The van der Waals surface area contributed by atoms with Crippen molar-refractivity contribution >= 4 is 6.09 Å². The van der Waals surface area contributed by atoms with E-state index in [-0.39, 0.29) is 12.2 Å². The minimum Gasteiger partial charge on any atom is -0.490 e. The number of carbonyl (C=O) groups is 1. The van der Waals surface area contributed by atoms with Crippen molar-refractivity contribution in [1.82, 2.24) is 4.90 Å². The second-order valence-electron chi connectivity index (χ2n) is 5.75. The van der Waals surface area contributed by atoms with E-state index in [2.05, 4.69) is 13.0 Å². The van der Waals surface area contributed by atoms with Crippen molar-refractivity contribution in [3.8, 4) is 11.8 Å². The van der Waals surface area contributed by atoms with E-state index < -0.39 is 0 Å². The maximum Gasteiger partial charge on any atom is 0.409 e. The standard InChI is InChI=1S/C18H24N2O3/c1-2-3-13-22-18(21)20-11-8-16(9-12-20)23-17-6-4-5-15(14-17)7-10-19/h4-6,14,16H,2-3,7-9,11-13H2,1H3. The molecule has 2 rings (SSSR count). The highest BCUT2D eigenvalue weighted by Gasteiger charge is 2.24. The molecule has 0 N–H and O–H groups in total. The number of nitrogens with zero attached hydrogens (tertiary/aromatic N) is 2. The first kappa shape index (κ1) is 17.1. The number of unbranched alkanes of at least 4 members (excludes halogenated alkanes) is 1. The fraction of sp³-hybridized carbons (Fsp3) is 0.556. The van der Waals surface area contributed by atoms with Crippen LogP contribution in [-0.2, 0) is 11.2 Å². The average Bonchev–Trinajstić information content (AvgIpc) is 2.56. The average molecular weight is 316 g/mol. The molecule has 1 heterocycles. The van der Waals surface area contributed by atoms with Gasteiger partial charge < -0.3 is 14.4 Å². The number of piperidine rings is 1. The van der Waals surface area contributed by atoms with Crippen LogP contribution in [0.4, 0.5) is 4.79 Å². The zero-order valence-electron chi connectivity index (χ0n) is 13.7. The molecule has 1 amide bonds. The molecule has 0 saturated carbocycles. The number of hydrogen-bond acceptors (Lipinski definition) is 4. The van der Waals surface area contributed by atoms with E-state index in [1.54, 1.807) is 4.90 Å². The van der Waals surface area contributed by atoms with Crippen molar-refractivity contribution in [3.05, 3.63) is 29.8 Å². The number of rotatable bonds is 6. The van der Waals surface area contributed by atoms with Crippen LogP contribution in [0, 0.1) is 11.3 Å². The maximum atomic E-state index is 11.9. The van der Waals surface area contributed by atoms with E-state index in [0.29, 0.717) is 26.1 Å². The Bertz CT molecular complexity index is 545. The Morgan fingerprint density at radius 2 is 2.17 bits per heavy atom. The Labute approximate surface area is 137 Å². The summed E-state index contributed by atoms with van der Waals surface area (Å²) in [6.45, 7) is 3.89. The van der Waals surface area contributed by atoms with Crippen LogP contribution in [0.1, 0.15) is 38.2 Å². The minimum atomic E-state index is -0.215. The Balaban J connectivity index is 1.77. The topological polar surface area (TPSA) is 62.6 Å². The molecule has 1 aliphatic rings. The van der Waals surface area contributed by atoms with Crippen LogP contribution in [0.2, 0.25) is 0 Å². The number of amides is 1. The van der Waals surface area contributed by atoms with Gasteiger partial charge in [-0.25, -0.2) is 4.79 Å². The van der Waals surface area contributed by atoms with E-state index in [1.807, 2.05) is 24.3 Å². The lowest BCUT2D eigenvalue weighted by molar-refractivity contribution is 0.0670. The first-order valence-electron chi connectivity index (χ1n) is 8.27.